The lowest BCUT2D eigenvalue weighted by atomic mass is 10.1. The van der Waals surface area contributed by atoms with Crippen LogP contribution in [0.2, 0.25) is 0 Å². The van der Waals surface area contributed by atoms with Crippen molar-refractivity contribution < 1.29 is 28.6 Å². The summed E-state index contributed by atoms with van der Waals surface area (Å²) in [6.07, 6.45) is 75.0. The van der Waals surface area contributed by atoms with E-state index in [1.54, 1.807) is 0 Å². The highest BCUT2D eigenvalue weighted by Gasteiger charge is 2.19. The van der Waals surface area contributed by atoms with Gasteiger partial charge in [-0.2, -0.15) is 0 Å². The van der Waals surface area contributed by atoms with Crippen LogP contribution in [0.25, 0.3) is 0 Å². The molecule has 0 aliphatic heterocycles. The third-order valence-electron chi connectivity index (χ3n) is 11.5. The Kier molecular flexibility index (Phi) is 52.4. The van der Waals surface area contributed by atoms with Gasteiger partial charge in [0, 0.05) is 19.3 Å². The molecular formula is C62H102O6. The van der Waals surface area contributed by atoms with Gasteiger partial charge in [0.05, 0.1) is 0 Å². The van der Waals surface area contributed by atoms with Gasteiger partial charge in [-0.3, -0.25) is 14.4 Å². The van der Waals surface area contributed by atoms with Gasteiger partial charge in [0.2, 0.25) is 0 Å². The van der Waals surface area contributed by atoms with Crippen LogP contribution in [0.4, 0.5) is 0 Å². The van der Waals surface area contributed by atoms with E-state index in [4.69, 9.17) is 14.2 Å². The molecule has 1 unspecified atom stereocenters. The van der Waals surface area contributed by atoms with Gasteiger partial charge in [0.25, 0.3) is 0 Å². The summed E-state index contributed by atoms with van der Waals surface area (Å²) in [7, 11) is 0. The first-order valence-corrected chi connectivity index (χ1v) is 27.9. The zero-order valence-corrected chi connectivity index (χ0v) is 44.1. The van der Waals surface area contributed by atoms with Gasteiger partial charge in [-0.05, 0) is 122 Å². The number of ether oxygens (including phenoxy) is 3. The minimum atomic E-state index is -0.805. The second kappa shape index (κ2) is 55.7. The Morgan fingerprint density at radius 1 is 0.309 bits per heavy atom. The molecule has 0 heterocycles. The smallest absolute Gasteiger partial charge is 0.306 e. The van der Waals surface area contributed by atoms with Gasteiger partial charge in [0.1, 0.15) is 13.2 Å². The van der Waals surface area contributed by atoms with E-state index in [0.717, 1.165) is 148 Å². The van der Waals surface area contributed by atoms with Crippen molar-refractivity contribution >= 4 is 17.9 Å². The largest absolute Gasteiger partial charge is 0.462 e. The lowest BCUT2D eigenvalue weighted by Crippen LogP contribution is -2.30. The number of unbranched alkanes of at least 4 members (excludes halogenated alkanes) is 20. The second-order valence-corrected chi connectivity index (χ2v) is 18.1. The molecule has 68 heavy (non-hydrogen) atoms. The summed E-state index contributed by atoms with van der Waals surface area (Å²) in [6, 6.07) is 0. The molecule has 0 aliphatic rings. The zero-order chi connectivity index (χ0) is 49.3. The summed E-state index contributed by atoms with van der Waals surface area (Å²) in [4.78, 5) is 38.1. The summed E-state index contributed by atoms with van der Waals surface area (Å²) in [5.41, 5.74) is 0. The van der Waals surface area contributed by atoms with Crippen molar-refractivity contribution in [2.75, 3.05) is 13.2 Å². The van der Waals surface area contributed by atoms with Crippen LogP contribution in [-0.2, 0) is 28.6 Å². The van der Waals surface area contributed by atoms with Gasteiger partial charge < -0.3 is 14.2 Å². The van der Waals surface area contributed by atoms with Crippen molar-refractivity contribution in [2.45, 2.75) is 252 Å². The SMILES string of the molecule is CC/C=C\C/C=C\C/C=C\C/C=C\C/C=C\CCCCCCCC(=O)OCC(COC(=O)CCCCC/C=C\C/C=C\C/C=C\CC)OC(=O)CCCCCCC/C=C\CCCCCCCCC. The topological polar surface area (TPSA) is 78.9 Å². The van der Waals surface area contributed by atoms with Gasteiger partial charge >= 0.3 is 17.9 Å². The summed E-state index contributed by atoms with van der Waals surface area (Å²) < 4.78 is 16.8. The van der Waals surface area contributed by atoms with E-state index in [1.165, 1.54) is 57.8 Å². The summed E-state index contributed by atoms with van der Waals surface area (Å²) in [6.45, 7) is 6.36. The maximum absolute atomic E-state index is 12.8. The third-order valence-corrected chi connectivity index (χ3v) is 11.5. The van der Waals surface area contributed by atoms with Crippen LogP contribution >= 0.6 is 0 Å². The van der Waals surface area contributed by atoms with Crippen LogP contribution in [0.15, 0.2) is 109 Å². The first kappa shape index (κ1) is 64.1. The molecule has 0 bridgehead atoms. The van der Waals surface area contributed by atoms with Gasteiger partial charge in [-0.15, -0.1) is 0 Å². The molecule has 6 nitrogen and oxygen atoms in total. The molecule has 0 spiro atoms. The highest BCUT2D eigenvalue weighted by molar-refractivity contribution is 5.71. The Morgan fingerprint density at radius 3 is 0.926 bits per heavy atom. The number of carbonyl (C=O) groups excluding carboxylic acids is 3. The first-order valence-electron chi connectivity index (χ1n) is 27.9. The Bertz CT molecular complexity index is 1410. The average Bonchev–Trinajstić information content (AvgIpc) is 3.34. The highest BCUT2D eigenvalue weighted by Crippen LogP contribution is 2.14. The van der Waals surface area contributed by atoms with E-state index in [9.17, 15) is 14.4 Å². The van der Waals surface area contributed by atoms with E-state index >= 15 is 0 Å². The van der Waals surface area contributed by atoms with Crippen LogP contribution in [0, 0.1) is 0 Å². The number of rotatable bonds is 49. The van der Waals surface area contributed by atoms with E-state index in [-0.39, 0.29) is 31.1 Å². The molecule has 0 rings (SSSR count). The molecule has 0 saturated heterocycles. The summed E-state index contributed by atoms with van der Waals surface area (Å²) >= 11 is 0. The molecule has 0 fully saturated rings. The summed E-state index contributed by atoms with van der Waals surface area (Å²) in [5.74, 6) is -0.959. The predicted octanol–water partition coefficient (Wildman–Crippen LogP) is 18.7. The fourth-order valence-electron chi connectivity index (χ4n) is 7.36. The van der Waals surface area contributed by atoms with Crippen LogP contribution in [0.1, 0.15) is 245 Å². The van der Waals surface area contributed by atoms with Crippen LogP contribution in [0.3, 0.4) is 0 Å². The van der Waals surface area contributed by atoms with E-state index in [0.29, 0.717) is 19.3 Å². The fourth-order valence-corrected chi connectivity index (χ4v) is 7.36. The van der Waals surface area contributed by atoms with E-state index in [2.05, 4.69) is 130 Å². The molecule has 0 N–H and O–H groups in total. The standard InChI is InChI=1S/C62H102O6/c1-4-7-10-13-16-19-22-25-27-29-30-31-32-33-35-37-40-43-46-49-52-55-61(64)67-58-59(57-66-60(63)54-51-48-45-42-39-36-24-21-18-15-12-9-6-3)68-62(65)56-53-50-47-44-41-38-34-28-26-23-20-17-14-11-8-5-2/h7,9-10,12,16,18-19,21,25,27-28,30-31,33-36,39,59H,4-6,8,11,13-15,17,20,22-24,26,29,32,37-38,40-58H2,1-3H3/b10-7-,12-9-,19-16-,21-18-,27-25-,31-30-,34-28-,35-33-,39-36-. The van der Waals surface area contributed by atoms with Crippen LogP contribution in [-0.4, -0.2) is 37.2 Å². The third kappa shape index (κ3) is 53.0. The number of hydrogen-bond acceptors (Lipinski definition) is 6. The highest BCUT2D eigenvalue weighted by atomic mass is 16.6. The lowest BCUT2D eigenvalue weighted by Gasteiger charge is -2.18. The molecule has 0 aromatic carbocycles. The summed E-state index contributed by atoms with van der Waals surface area (Å²) in [5, 5.41) is 0. The monoisotopic (exact) mass is 943 g/mol. The Morgan fingerprint density at radius 2 is 0.574 bits per heavy atom. The molecule has 0 aromatic rings. The van der Waals surface area contributed by atoms with E-state index < -0.39 is 6.10 Å². The van der Waals surface area contributed by atoms with Crippen molar-refractivity contribution in [3.05, 3.63) is 109 Å². The van der Waals surface area contributed by atoms with Crippen LogP contribution in [0.5, 0.6) is 0 Å². The normalized spacial score (nSPS) is 12.9. The average molecular weight is 943 g/mol. The van der Waals surface area contributed by atoms with Crippen molar-refractivity contribution in [1.29, 1.82) is 0 Å². The maximum atomic E-state index is 12.8. The maximum Gasteiger partial charge on any atom is 0.306 e. The number of allylic oxidation sites excluding steroid dienone is 18. The molecule has 0 aliphatic carbocycles. The lowest BCUT2D eigenvalue weighted by molar-refractivity contribution is -0.167. The molecule has 0 saturated carbocycles. The molecule has 1 atom stereocenters. The number of hydrogen-bond donors (Lipinski definition) is 0. The van der Waals surface area contributed by atoms with Crippen molar-refractivity contribution in [3.63, 3.8) is 0 Å². The first-order chi connectivity index (χ1) is 33.5. The Hall–Kier alpha value is -3.93. The van der Waals surface area contributed by atoms with Gasteiger partial charge in [-0.1, -0.05) is 214 Å². The molecular weight excluding hydrogens is 841 g/mol. The quantitative estimate of drug-likeness (QED) is 0.0262. The molecule has 386 valence electrons. The molecule has 0 amide bonds. The second-order valence-electron chi connectivity index (χ2n) is 18.1. The van der Waals surface area contributed by atoms with Crippen molar-refractivity contribution in [1.82, 2.24) is 0 Å². The fraction of sp³-hybridized carbons (Fsp3) is 0.661. The van der Waals surface area contributed by atoms with Crippen molar-refractivity contribution in [3.8, 4) is 0 Å². The number of carbonyl (C=O) groups is 3. The van der Waals surface area contributed by atoms with Gasteiger partial charge in [-0.25, -0.2) is 0 Å². The minimum Gasteiger partial charge on any atom is -0.462 e. The molecule has 0 aromatic heterocycles. The Balaban J connectivity index is 4.46. The minimum absolute atomic E-state index is 0.103. The van der Waals surface area contributed by atoms with Crippen molar-refractivity contribution in [2.24, 2.45) is 0 Å². The van der Waals surface area contributed by atoms with E-state index in [1.807, 2.05) is 0 Å². The number of esters is 3. The molecule has 6 heteroatoms. The Labute approximate surface area is 419 Å². The van der Waals surface area contributed by atoms with Gasteiger partial charge in [0.15, 0.2) is 6.10 Å². The zero-order valence-electron chi connectivity index (χ0n) is 44.1. The van der Waals surface area contributed by atoms with Crippen LogP contribution < -0.4 is 0 Å². The molecule has 0 radical (unpaired) electrons. The predicted molar refractivity (Wildman–Crippen MR) is 293 cm³/mol.